The predicted octanol–water partition coefficient (Wildman–Crippen LogP) is 3.05. The predicted molar refractivity (Wildman–Crippen MR) is 60.1 cm³/mol. The normalized spacial score (nSPS) is 12.1. The van der Waals surface area contributed by atoms with Crippen molar-refractivity contribution in [3.63, 3.8) is 0 Å². The number of non-ortho nitro benzene ring substituents is 1. The van der Waals surface area contributed by atoms with Gasteiger partial charge in [-0.25, -0.2) is 8.78 Å². The van der Waals surface area contributed by atoms with Gasteiger partial charge in [0.1, 0.15) is 5.52 Å². The summed E-state index contributed by atoms with van der Waals surface area (Å²) in [7, 11) is 0. The number of nitrogens with one attached hydrogen (secondary N) is 1. The summed E-state index contributed by atoms with van der Waals surface area (Å²) in [5.41, 5.74) is -0.0872. The highest BCUT2D eigenvalue weighted by molar-refractivity contribution is 5.77. The Labute approximate surface area is 108 Å². The third-order valence-electron chi connectivity index (χ3n) is 2.38. The minimum atomic E-state index is -4.23. The van der Waals surface area contributed by atoms with Gasteiger partial charge in [0.2, 0.25) is 0 Å². The number of nitro benzene ring substituents is 1. The number of anilines is 1. The topological polar surface area (TPSA) is 81.2 Å². The van der Waals surface area contributed by atoms with Crippen LogP contribution in [0.4, 0.5) is 29.3 Å². The van der Waals surface area contributed by atoms with Gasteiger partial charge in [-0.1, -0.05) is 0 Å². The van der Waals surface area contributed by atoms with E-state index in [1.807, 2.05) is 5.32 Å². The van der Waals surface area contributed by atoms with Crippen molar-refractivity contribution in [1.29, 1.82) is 0 Å². The molecular formula is C10H7F4N3O3. The minimum absolute atomic E-state index is 0.0575. The van der Waals surface area contributed by atoms with Gasteiger partial charge in [-0.15, -0.1) is 0 Å². The average molecular weight is 293 g/mol. The molecule has 1 aromatic carbocycles. The Bertz CT molecular complexity index is 644. The lowest BCUT2D eigenvalue weighted by molar-refractivity contribution is -0.384. The van der Waals surface area contributed by atoms with Crippen molar-refractivity contribution in [2.24, 2.45) is 0 Å². The Balaban J connectivity index is 2.18. The third kappa shape index (κ3) is 2.78. The number of hydrogen-bond donors (Lipinski definition) is 1. The average Bonchev–Trinajstić information content (AvgIpc) is 2.77. The van der Waals surface area contributed by atoms with Crippen LogP contribution in [0, 0.1) is 10.1 Å². The third-order valence-corrected chi connectivity index (χ3v) is 2.38. The van der Waals surface area contributed by atoms with Gasteiger partial charge in [-0.2, -0.15) is 13.8 Å². The van der Waals surface area contributed by atoms with Crippen molar-refractivity contribution in [3.05, 3.63) is 28.3 Å². The highest BCUT2D eigenvalue weighted by atomic mass is 19.3. The van der Waals surface area contributed by atoms with Crippen LogP contribution in [0.1, 0.15) is 0 Å². The summed E-state index contributed by atoms with van der Waals surface area (Å²) in [6.45, 7) is -1.36. The van der Waals surface area contributed by atoms with Crippen LogP contribution in [-0.4, -0.2) is 28.8 Å². The number of fused-ring (bicyclic) bond motifs is 1. The van der Waals surface area contributed by atoms with Crippen molar-refractivity contribution in [2.45, 2.75) is 12.3 Å². The number of rotatable bonds is 5. The second-order valence-corrected chi connectivity index (χ2v) is 3.84. The van der Waals surface area contributed by atoms with E-state index in [9.17, 15) is 27.7 Å². The number of benzene rings is 1. The minimum Gasteiger partial charge on any atom is -0.424 e. The van der Waals surface area contributed by atoms with E-state index in [0.29, 0.717) is 0 Å². The van der Waals surface area contributed by atoms with Crippen LogP contribution in [0.3, 0.4) is 0 Å². The van der Waals surface area contributed by atoms with E-state index < -0.39 is 29.8 Å². The molecule has 0 aliphatic carbocycles. The maximum Gasteiger partial charge on any atom is 0.324 e. The summed E-state index contributed by atoms with van der Waals surface area (Å²) in [5.74, 6) is -4.23. The number of nitro groups is 1. The lowest BCUT2D eigenvalue weighted by atomic mass is 10.3. The van der Waals surface area contributed by atoms with Crippen molar-refractivity contribution < 1.29 is 26.9 Å². The van der Waals surface area contributed by atoms with Crippen molar-refractivity contribution in [1.82, 2.24) is 4.98 Å². The molecule has 0 saturated carbocycles. The maximum atomic E-state index is 12.7. The molecular weight excluding hydrogens is 286 g/mol. The van der Waals surface area contributed by atoms with Gasteiger partial charge in [0.25, 0.3) is 11.7 Å². The van der Waals surface area contributed by atoms with Gasteiger partial charge in [-0.05, 0) is 6.07 Å². The van der Waals surface area contributed by atoms with Gasteiger partial charge in [0.05, 0.1) is 11.5 Å². The molecule has 6 nitrogen and oxygen atoms in total. The van der Waals surface area contributed by atoms with Crippen LogP contribution < -0.4 is 5.32 Å². The number of aromatic nitrogens is 1. The van der Waals surface area contributed by atoms with Crippen LogP contribution in [0.25, 0.3) is 11.1 Å². The first kappa shape index (κ1) is 14.0. The summed E-state index contributed by atoms with van der Waals surface area (Å²) >= 11 is 0. The van der Waals surface area contributed by atoms with Gasteiger partial charge in [0.15, 0.2) is 5.58 Å². The molecule has 0 spiro atoms. The number of halogens is 4. The van der Waals surface area contributed by atoms with Gasteiger partial charge < -0.3 is 9.73 Å². The Hall–Kier alpha value is -2.39. The van der Waals surface area contributed by atoms with Gasteiger partial charge >= 0.3 is 12.3 Å². The monoisotopic (exact) mass is 293 g/mol. The van der Waals surface area contributed by atoms with Crippen LogP contribution in [0.5, 0.6) is 0 Å². The molecule has 20 heavy (non-hydrogen) atoms. The highest BCUT2D eigenvalue weighted by Crippen LogP contribution is 2.26. The lowest BCUT2D eigenvalue weighted by Crippen LogP contribution is -2.34. The quantitative estimate of drug-likeness (QED) is 0.520. The fourth-order valence-corrected chi connectivity index (χ4v) is 1.38. The first-order chi connectivity index (χ1) is 9.29. The molecule has 108 valence electrons. The number of hydrogen-bond acceptors (Lipinski definition) is 5. The lowest BCUT2D eigenvalue weighted by Gasteiger charge is -2.14. The molecule has 0 atom stereocenters. The first-order valence-electron chi connectivity index (χ1n) is 5.24. The Morgan fingerprint density at radius 1 is 1.45 bits per heavy atom. The molecule has 0 radical (unpaired) electrons. The van der Waals surface area contributed by atoms with E-state index in [0.717, 1.165) is 12.1 Å². The largest absolute Gasteiger partial charge is 0.424 e. The molecule has 0 unspecified atom stereocenters. The Morgan fingerprint density at radius 2 is 2.15 bits per heavy atom. The molecule has 0 aliphatic rings. The molecule has 0 fully saturated rings. The molecule has 0 saturated heterocycles. The molecule has 2 rings (SSSR count). The maximum absolute atomic E-state index is 12.7. The van der Waals surface area contributed by atoms with Crippen LogP contribution in [0.15, 0.2) is 22.6 Å². The summed E-state index contributed by atoms with van der Waals surface area (Å²) in [4.78, 5) is 13.5. The second kappa shape index (κ2) is 4.94. The zero-order valence-corrected chi connectivity index (χ0v) is 9.65. The Morgan fingerprint density at radius 3 is 2.75 bits per heavy atom. The molecule has 1 heterocycles. The van der Waals surface area contributed by atoms with Gasteiger partial charge in [0, 0.05) is 12.1 Å². The van der Waals surface area contributed by atoms with Gasteiger partial charge in [-0.3, -0.25) is 10.1 Å². The first-order valence-corrected chi connectivity index (χ1v) is 5.24. The van der Waals surface area contributed by atoms with E-state index in [-0.39, 0.29) is 16.8 Å². The second-order valence-electron chi connectivity index (χ2n) is 3.84. The summed E-state index contributed by atoms with van der Waals surface area (Å²) in [5, 5.41) is 12.5. The van der Waals surface area contributed by atoms with Crippen LogP contribution >= 0.6 is 0 Å². The molecule has 0 bridgehead atoms. The summed E-state index contributed by atoms with van der Waals surface area (Å²) in [6.07, 6.45) is -3.82. The fraction of sp³-hybridized carbons (Fsp3) is 0.300. The van der Waals surface area contributed by atoms with E-state index in [2.05, 4.69) is 4.98 Å². The van der Waals surface area contributed by atoms with Crippen LogP contribution in [-0.2, 0) is 0 Å². The molecule has 0 amide bonds. The highest BCUT2D eigenvalue weighted by Gasteiger charge is 2.40. The number of nitrogens with zero attached hydrogens (tertiary/aromatic N) is 2. The van der Waals surface area contributed by atoms with E-state index in [1.54, 1.807) is 0 Å². The van der Waals surface area contributed by atoms with E-state index in [4.69, 9.17) is 4.42 Å². The number of oxazole rings is 1. The smallest absolute Gasteiger partial charge is 0.324 e. The molecule has 2 aromatic rings. The van der Waals surface area contributed by atoms with Crippen molar-refractivity contribution >= 4 is 22.8 Å². The summed E-state index contributed by atoms with van der Waals surface area (Å²) < 4.78 is 54.2. The number of alkyl halides is 4. The van der Waals surface area contributed by atoms with E-state index in [1.165, 1.54) is 6.07 Å². The van der Waals surface area contributed by atoms with Crippen molar-refractivity contribution in [2.75, 3.05) is 11.9 Å². The van der Waals surface area contributed by atoms with Crippen LogP contribution in [0.2, 0.25) is 0 Å². The van der Waals surface area contributed by atoms with E-state index >= 15 is 0 Å². The standard InChI is InChI=1S/C10H7F4N3O3/c11-8(12)10(13,14)4-15-9-16-6-3-5(17(18)19)1-2-7(6)20-9/h1-3,8H,4H2,(H,15,16). The molecule has 0 aliphatic heterocycles. The SMILES string of the molecule is O=[N+]([O-])c1ccc2oc(NCC(F)(F)C(F)F)nc2c1. The molecule has 1 N–H and O–H groups in total. The molecule has 10 heteroatoms. The van der Waals surface area contributed by atoms with Crippen molar-refractivity contribution in [3.8, 4) is 0 Å². The molecule has 1 aromatic heterocycles. The Kier molecular flexibility index (Phi) is 3.47. The zero-order chi connectivity index (χ0) is 14.9. The zero-order valence-electron chi connectivity index (χ0n) is 9.65. The summed E-state index contributed by atoms with van der Waals surface area (Å²) in [6, 6.07) is 3.04. The fourth-order valence-electron chi connectivity index (χ4n) is 1.38.